The summed E-state index contributed by atoms with van der Waals surface area (Å²) in [7, 11) is 1.60. The second kappa shape index (κ2) is 10.8. The van der Waals surface area contributed by atoms with Crippen molar-refractivity contribution in [3.05, 3.63) is 95.7 Å². The number of aromatic nitrogens is 1. The zero-order valence-corrected chi connectivity index (χ0v) is 21.9. The fourth-order valence-corrected chi connectivity index (χ4v) is 5.63. The number of anilines is 1. The lowest BCUT2D eigenvalue weighted by molar-refractivity contribution is -0.136. The Morgan fingerprint density at radius 1 is 1.00 bits per heavy atom. The normalized spacial score (nSPS) is 18.7. The van der Waals surface area contributed by atoms with E-state index in [2.05, 4.69) is 22.4 Å². The van der Waals surface area contributed by atoms with Crippen LogP contribution in [0.25, 0.3) is 10.9 Å². The predicted molar refractivity (Wildman–Crippen MR) is 150 cm³/mol. The van der Waals surface area contributed by atoms with E-state index in [9.17, 15) is 9.59 Å². The van der Waals surface area contributed by atoms with Crippen molar-refractivity contribution < 1.29 is 19.1 Å². The largest absolute Gasteiger partial charge is 0.497 e. The molecule has 2 N–H and O–H groups in total. The number of aromatic amines is 1. The van der Waals surface area contributed by atoms with E-state index in [4.69, 9.17) is 9.47 Å². The molecule has 6 rings (SSSR count). The maximum absolute atomic E-state index is 13.9. The van der Waals surface area contributed by atoms with Gasteiger partial charge in [-0.1, -0.05) is 48.5 Å². The number of H-pyrrole nitrogens is 1. The number of nitrogens with zero attached hydrogens (tertiary/aromatic N) is 2. The highest BCUT2D eigenvalue weighted by molar-refractivity contribution is 5.94. The molecule has 0 spiro atoms. The van der Waals surface area contributed by atoms with Crippen molar-refractivity contribution in [2.45, 2.75) is 38.1 Å². The van der Waals surface area contributed by atoms with Gasteiger partial charge < -0.3 is 29.6 Å². The van der Waals surface area contributed by atoms with E-state index in [1.54, 1.807) is 36.3 Å². The summed E-state index contributed by atoms with van der Waals surface area (Å²) in [5.41, 5.74) is 5.14. The number of amides is 3. The van der Waals surface area contributed by atoms with Gasteiger partial charge in [-0.2, -0.15) is 0 Å². The Balaban J connectivity index is 1.19. The molecule has 0 saturated carbocycles. The molecule has 0 bridgehead atoms. The molecule has 3 heterocycles. The molecule has 8 nitrogen and oxygen atoms in total. The summed E-state index contributed by atoms with van der Waals surface area (Å²) in [5, 5.41) is 4.17. The molecule has 1 aromatic heterocycles. The Morgan fingerprint density at radius 2 is 1.77 bits per heavy atom. The SMILES string of the molecule is COc1ccc(NC(=O)N2CC(OCc3ccccc3)CC2C(=O)N2CCc3c([nH]c4ccccc34)C2)cc1. The average molecular weight is 525 g/mol. The standard InChI is InChI=1S/C31H32N4O4/c1-38-23-13-11-22(12-14-23)32-31(37)35-18-24(39-20-21-7-3-2-4-8-21)17-29(35)30(36)34-16-15-26-25-9-5-6-10-27(25)33-28(26)19-34/h2-14,24,29,33H,15-20H2,1H3,(H,32,37). The second-order valence-corrected chi connectivity index (χ2v) is 10.1. The van der Waals surface area contributed by atoms with Gasteiger partial charge in [-0.25, -0.2) is 4.79 Å². The third kappa shape index (κ3) is 5.20. The summed E-state index contributed by atoms with van der Waals surface area (Å²) in [5.74, 6) is 0.660. The van der Waals surface area contributed by atoms with Crippen LogP contribution in [0.2, 0.25) is 0 Å². The van der Waals surface area contributed by atoms with Crippen molar-refractivity contribution in [1.82, 2.24) is 14.8 Å². The van der Waals surface area contributed by atoms with Gasteiger partial charge in [-0.3, -0.25) is 4.79 Å². The van der Waals surface area contributed by atoms with Crippen LogP contribution in [0.15, 0.2) is 78.9 Å². The Hall–Kier alpha value is -4.30. The molecule has 1 fully saturated rings. The molecule has 1 saturated heterocycles. The number of hydrogen-bond donors (Lipinski definition) is 2. The first-order valence-electron chi connectivity index (χ1n) is 13.3. The molecular weight excluding hydrogens is 492 g/mol. The van der Waals surface area contributed by atoms with Crippen molar-refractivity contribution in [1.29, 1.82) is 0 Å². The number of fused-ring (bicyclic) bond motifs is 3. The molecule has 8 heteroatoms. The first-order valence-corrected chi connectivity index (χ1v) is 13.3. The van der Waals surface area contributed by atoms with Crippen molar-refractivity contribution >= 4 is 28.5 Å². The summed E-state index contributed by atoms with van der Waals surface area (Å²) in [6.45, 7) is 1.90. The van der Waals surface area contributed by atoms with E-state index in [0.717, 1.165) is 23.2 Å². The summed E-state index contributed by atoms with van der Waals surface area (Å²) in [6, 6.07) is 24.4. The van der Waals surface area contributed by atoms with Gasteiger partial charge in [-0.05, 0) is 47.9 Å². The number of urea groups is 1. The fourth-order valence-electron chi connectivity index (χ4n) is 5.63. The minimum Gasteiger partial charge on any atom is -0.497 e. The third-order valence-electron chi connectivity index (χ3n) is 7.67. The molecule has 4 aromatic rings. The lowest BCUT2D eigenvalue weighted by atomic mass is 10.0. The van der Waals surface area contributed by atoms with Crippen molar-refractivity contribution in [2.24, 2.45) is 0 Å². The number of methoxy groups -OCH3 is 1. The van der Waals surface area contributed by atoms with Crippen LogP contribution in [-0.4, -0.2) is 59.1 Å². The molecule has 2 aliphatic rings. The highest BCUT2D eigenvalue weighted by Gasteiger charge is 2.42. The molecular formula is C31H32N4O4. The number of carbonyl (C=O) groups is 2. The smallest absolute Gasteiger partial charge is 0.322 e. The lowest BCUT2D eigenvalue weighted by Gasteiger charge is -2.32. The zero-order valence-electron chi connectivity index (χ0n) is 21.9. The average Bonchev–Trinajstić information content (AvgIpc) is 3.58. The molecule has 39 heavy (non-hydrogen) atoms. The maximum atomic E-state index is 13.9. The van der Waals surface area contributed by atoms with E-state index in [0.29, 0.717) is 44.1 Å². The number of rotatable bonds is 6. The Bertz CT molecular complexity index is 1470. The third-order valence-corrected chi connectivity index (χ3v) is 7.67. The predicted octanol–water partition coefficient (Wildman–Crippen LogP) is 4.95. The second-order valence-electron chi connectivity index (χ2n) is 10.1. The van der Waals surface area contributed by atoms with E-state index >= 15 is 0 Å². The summed E-state index contributed by atoms with van der Waals surface area (Å²) in [4.78, 5) is 34.4. The zero-order chi connectivity index (χ0) is 26.8. The number of benzene rings is 3. The molecule has 2 atom stereocenters. The van der Waals surface area contributed by atoms with Crippen molar-refractivity contribution in [2.75, 3.05) is 25.5 Å². The molecule has 0 aliphatic carbocycles. The summed E-state index contributed by atoms with van der Waals surface area (Å²) in [6.07, 6.45) is 0.996. The number of likely N-dealkylation sites (tertiary alicyclic amines) is 1. The number of hydrogen-bond acceptors (Lipinski definition) is 4. The molecule has 2 aliphatic heterocycles. The van der Waals surface area contributed by atoms with Crippen LogP contribution in [0.5, 0.6) is 5.75 Å². The first-order chi connectivity index (χ1) is 19.1. The molecule has 2 unspecified atom stereocenters. The topological polar surface area (TPSA) is 86.9 Å². The van der Waals surface area contributed by atoms with Crippen molar-refractivity contribution in [3.63, 3.8) is 0 Å². The number of para-hydroxylation sites is 1. The highest BCUT2D eigenvalue weighted by atomic mass is 16.5. The molecule has 3 aromatic carbocycles. The Morgan fingerprint density at radius 3 is 2.56 bits per heavy atom. The Kier molecular flexibility index (Phi) is 6.94. The van der Waals surface area contributed by atoms with Gasteiger partial charge in [0.1, 0.15) is 11.8 Å². The molecule has 0 radical (unpaired) electrons. The van der Waals surface area contributed by atoms with Crippen LogP contribution in [0.3, 0.4) is 0 Å². The van der Waals surface area contributed by atoms with Gasteiger partial charge in [-0.15, -0.1) is 0 Å². The fraction of sp³-hybridized carbons (Fsp3) is 0.290. The summed E-state index contributed by atoms with van der Waals surface area (Å²) < 4.78 is 11.4. The quantitative estimate of drug-likeness (QED) is 0.374. The van der Waals surface area contributed by atoms with Crippen molar-refractivity contribution in [3.8, 4) is 5.75 Å². The maximum Gasteiger partial charge on any atom is 0.322 e. The van der Waals surface area contributed by atoms with Crippen LogP contribution < -0.4 is 10.1 Å². The van der Waals surface area contributed by atoms with Gasteiger partial charge >= 0.3 is 6.03 Å². The molecule has 3 amide bonds. The minimum absolute atomic E-state index is 0.0463. The van der Waals surface area contributed by atoms with E-state index < -0.39 is 6.04 Å². The lowest BCUT2D eigenvalue weighted by Crippen LogP contribution is -2.50. The number of ether oxygens (including phenoxy) is 2. The number of nitrogens with one attached hydrogen (secondary N) is 2. The van der Waals surface area contributed by atoms with Crippen LogP contribution >= 0.6 is 0 Å². The minimum atomic E-state index is -0.602. The first kappa shape index (κ1) is 25.0. The highest BCUT2D eigenvalue weighted by Crippen LogP contribution is 2.30. The van der Waals surface area contributed by atoms with Gasteiger partial charge in [0.05, 0.1) is 26.4 Å². The molecule has 200 valence electrons. The van der Waals surface area contributed by atoms with Gasteiger partial charge in [0.2, 0.25) is 5.91 Å². The van der Waals surface area contributed by atoms with Gasteiger partial charge in [0.15, 0.2) is 0 Å². The van der Waals surface area contributed by atoms with E-state index in [1.165, 1.54) is 10.9 Å². The van der Waals surface area contributed by atoms with Gasteiger partial charge in [0, 0.05) is 41.8 Å². The number of carbonyl (C=O) groups excluding carboxylic acids is 2. The van der Waals surface area contributed by atoms with E-state index in [-0.39, 0.29) is 18.0 Å². The Labute approximate surface area is 227 Å². The van der Waals surface area contributed by atoms with Crippen LogP contribution in [0.1, 0.15) is 23.2 Å². The van der Waals surface area contributed by atoms with Crippen LogP contribution in [0.4, 0.5) is 10.5 Å². The van der Waals surface area contributed by atoms with E-state index in [1.807, 2.05) is 47.4 Å². The monoisotopic (exact) mass is 524 g/mol. The van der Waals surface area contributed by atoms with Crippen LogP contribution in [0, 0.1) is 0 Å². The van der Waals surface area contributed by atoms with Gasteiger partial charge in [0.25, 0.3) is 0 Å². The van der Waals surface area contributed by atoms with Crippen LogP contribution in [-0.2, 0) is 29.1 Å². The summed E-state index contributed by atoms with van der Waals surface area (Å²) >= 11 is 0.